The number of nitrogens with zero attached hydrogens (tertiary/aromatic N) is 1. The standard InChI is InChI=1S/C10H7FN2O4S2/c11-9-2-1-6(4-12-9)13-19(16,17)7-3-8(10(14)15)18-5-7/h1-5,13H,(H,14,15). The summed E-state index contributed by atoms with van der Waals surface area (Å²) in [7, 11) is -3.90. The number of thiophene rings is 1. The Bertz CT molecular complexity index is 709. The molecule has 2 rings (SSSR count). The van der Waals surface area contributed by atoms with Gasteiger partial charge in [-0.3, -0.25) is 4.72 Å². The number of sulfonamides is 1. The number of carboxylic acid groups (broad SMARTS) is 1. The Labute approximate surface area is 111 Å². The number of anilines is 1. The molecule has 0 atom stereocenters. The van der Waals surface area contributed by atoms with Crippen LogP contribution in [0.25, 0.3) is 0 Å². The Morgan fingerprint density at radius 1 is 1.42 bits per heavy atom. The molecule has 0 saturated heterocycles. The molecule has 9 heteroatoms. The lowest BCUT2D eigenvalue weighted by atomic mass is 10.4. The number of hydrogen-bond donors (Lipinski definition) is 2. The van der Waals surface area contributed by atoms with Crippen molar-refractivity contribution in [1.29, 1.82) is 0 Å². The van der Waals surface area contributed by atoms with Crippen LogP contribution in [0.1, 0.15) is 9.67 Å². The van der Waals surface area contributed by atoms with Gasteiger partial charge in [-0.2, -0.15) is 4.39 Å². The van der Waals surface area contributed by atoms with Crippen LogP contribution in [0.3, 0.4) is 0 Å². The molecule has 0 aliphatic carbocycles. The van der Waals surface area contributed by atoms with Gasteiger partial charge in [-0.15, -0.1) is 11.3 Å². The van der Waals surface area contributed by atoms with Crippen LogP contribution in [0.4, 0.5) is 10.1 Å². The molecule has 2 aromatic rings. The molecule has 0 amide bonds. The molecule has 0 aromatic carbocycles. The van der Waals surface area contributed by atoms with Gasteiger partial charge in [0, 0.05) is 5.38 Å². The molecule has 0 fully saturated rings. The van der Waals surface area contributed by atoms with Crippen LogP contribution < -0.4 is 4.72 Å². The number of hydrogen-bond acceptors (Lipinski definition) is 5. The van der Waals surface area contributed by atoms with Gasteiger partial charge in [0.1, 0.15) is 4.88 Å². The molecular formula is C10H7FN2O4S2. The van der Waals surface area contributed by atoms with Gasteiger partial charge in [-0.25, -0.2) is 18.2 Å². The molecule has 2 N–H and O–H groups in total. The summed E-state index contributed by atoms with van der Waals surface area (Å²) in [6, 6.07) is 3.27. The lowest BCUT2D eigenvalue weighted by Gasteiger charge is -2.05. The van der Waals surface area contributed by atoms with Crippen molar-refractivity contribution in [2.75, 3.05) is 4.72 Å². The molecule has 0 spiro atoms. The third kappa shape index (κ3) is 3.06. The van der Waals surface area contributed by atoms with Crippen molar-refractivity contribution < 1.29 is 22.7 Å². The summed E-state index contributed by atoms with van der Waals surface area (Å²) < 4.78 is 38.6. The third-order valence-electron chi connectivity index (χ3n) is 2.08. The highest BCUT2D eigenvalue weighted by molar-refractivity contribution is 7.92. The summed E-state index contributed by atoms with van der Waals surface area (Å²) in [5, 5.41) is 9.94. The minimum absolute atomic E-state index is 0.0855. The monoisotopic (exact) mass is 302 g/mol. The number of nitrogens with one attached hydrogen (secondary N) is 1. The Kier molecular flexibility index (Phi) is 3.49. The second-order valence-corrected chi connectivity index (χ2v) is 6.02. The fraction of sp³-hybridized carbons (Fsp3) is 0. The van der Waals surface area contributed by atoms with Crippen molar-refractivity contribution in [3.05, 3.63) is 40.6 Å². The number of rotatable bonds is 4. The molecule has 0 unspecified atom stereocenters. The van der Waals surface area contributed by atoms with E-state index in [1.54, 1.807) is 0 Å². The largest absolute Gasteiger partial charge is 0.477 e. The predicted octanol–water partition coefficient (Wildman–Crippen LogP) is 1.78. The highest BCUT2D eigenvalue weighted by Gasteiger charge is 2.18. The van der Waals surface area contributed by atoms with E-state index in [1.807, 2.05) is 0 Å². The minimum atomic E-state index is -3.90. The second-order valence-electron chi connectivity index (χ2n) is 3.43. The van der Waals surface area contributed by atoms with Crippen LogP contribution in [0.2, 0.25) is 0 Å². The molecule has 0 saturated carbocycles. The molecule has 2 aromatic heterocycles. The van der Waals surface area contributed by atoms with Crippen LogP contribution >= 0.6 is 11.3 Å². The van der Waals surface area contributed by atoms with E-state index >= 15 is 0 Å². The van der Waals surface area contributed by atoms with Crippen LogP contribution in [-0.2, 0) is 10.0 Å². The van der Waals surface area contributed by atoms with Crippen molar-refractivity contribution in [3.63, 3.8) is 0 Å². The smallest absolute Gasteiger partial charge is 0.345 e. The highest BCUT2D eigenvalue weighted by atomic mass is 32.2. The van der Waals surface area contributed by atoms with Gasteiger partial charge in [-0.05, 0) is 18.2 Å². The van der Waals surface area contributed by atoms with Gasteiger partial charge >= 0.3 is 5.97 Å². The molecule has 100 valence electrons. The number of halogens is 1. The van der Waals surface area contributed by atoms with Crippen LogP contribution in [0.15, 0.2) is 34.7 Å². The zero-order valence-electron chi connectivity index (χ0n) is 9.20. The molecule has 2 heterocycles. The lowest BCUT2D eigenvalue weighted by Crippen LogP contribution is -2.12. The predicted molar refractivity (Wildman–Crippen MR) is 66.3 cm³/mol. The molecule has 19 heavy (non-hydrogen) atoms. The maximum Gasteiger partial charge on any atom is 0.345 e. The van der Waals surface area contributed by atoms with E-state index < -0.39 is 21.9 Å². The first-order valence-electron chi connectivity index (χ1n) is 4.85. The average Bonchev–Trinajstić information content (AvgIpc) is 2.82. The summed E-state index contributed by atoms with van der Waals surface area (Å²) in [6.07, 6.45) is 1.03. The van der Waals surface area contributed by atoms with E-state index in [0.29, 0.717) is 0 Å². The maximum atomic E-state index is 12.6. The Morgan fingerprint density at radius 2 is 2.16 bits per heavy atom. The molecule has 6 nitrogen and oxygen atoms in total. The van der Waals surface area contributed by atoms with E-state index in [2.05, 4.69) is 9.71 Å². The van der Waals surface area contributed by atoms with E-state index in [1.165, 1.54) is 11.4 Å². The maximum absolute atomic E-state index is 12.6. The van der Waals surface area contributed by atoms with Crippen LogP contribution in [0.5, 0.6) is 0 Å². The summed E-state index contributed by atoms with van der Waals surface area (Å²) >= 11 is 0.803. The van der Waals surface area contributed by atoms with Gasteiger partial charge in [0.05, 0.1) is 16.8 Å². The lowest BCUT2D eigenvalue weighted by molar-refractivity contribution is 0.0702. The number of pyridine rings is 1. The van der Waals surface area contributed by atoms with Gasteiger partial charge in [0.25, 0.3) is 10.0 Å². The Balaban J connectivity index is 2.26. The first-order chi connectivity index (χ1) is 8.88. The second kappa shape index (κ2) is 4.94. The number of aromatic carboxylic acids is 1. The zero-order chi connectivity index (χ0) is 14.0. The number of carboxylic acids is 1. The van der Waals surface area contributed by atoms with E-state index in [4.69, 9.17) is 5.11 Å². The van der Waals surface area contributed by atoms with Crippen LogP contribution in [0, 0.1) is 5.95 Å². The van der Waals surface area contributed by atoms with Gasteiger partial charge < -0.3 is 5.11 Å². The summed E-state index contributed by atoms with van der Waals surface area (Å²) in [5.41, 5.74) is 0.0875. The molecule has 0 radical (unpaired) electrons. The third-order valence-corrected chi connectivity index (χ3v) is 4.50. The van der Waals surface area contributed by atoms with E-state index in [9.17, 15) is 17.6 Å². The molecule has 0 bridgehead atoms. The van der Waals surface area contributed by atoms with Gasteiger partial charge in [0.15, 0.2) is 0 Å². The van der Waals surface area contributed by atoms with Crippen molar-refractivity contribution in [2.45, 2.75) is 4.90 Å². The number of carbonyl (C=O) groups is 1. The summed E-state index contributed by atoms with van der Waals surface area (Å²) in [6.45, 7) is 0. The Hall–Kier alpha value is -2.00. The topological polar surface area (TPSA) is 96.4 Å². The Morgan fingerprint density at radius 3 is 2.68 bits per heavy atom. The summed E-state index contributed by atoms with van der Waals surface area (Å²) in [4.78, 5) is 13.7. The zero-order valence-corrected chi connectivity index (χ0v) is 10.8. The molecule has 0 aliphatic rings. The molecule has 0 aliphatic heterocycles. The van der Waals surface area contributed by atoms with Crippen molar-refractivity contribution >= 4 is 33.0 Å². The summed E-state index contributed by atoms with van der Waals surface area (Å²) in [5.74, 6) is -1.93. The first-order valence-corrected chi connectivity index (χ1v) is 7.21. The number of aromatic nitrogens is 1. The van der Waals surface area contributed by atoms with Gasteiger partial charge in [0.2, 0.25) is 5.95 Å². The van der Waals surface area contributed by atoms with Gasteiger partial charge in [-0.1, -0.05) is 0 Å². The van der Waals surface area contributed by atoms with Crippen molar-refractivity contribution in [2.24, 2.45) is 0 Å². The SMILES string of the molecule is O=C(O)c1cc(S(=O)(=O)Nc2ccc(F)nc2)cs1. The van der Waals surface area contributed by atoms with E-state index in [0.717, 1.165) is 29.7 Å². The van der Waals surface area contributed by atoms with Crippen LogP contribution in [-0.4, -0.2) is 24.5 Å². The normalized spacial score (nSPS) is 11.2. The fourth-order valence-electron chi connectivity index (χ4n) is 1.22. The fourth-order valence-corrected chi connectivity index (χ4v) is 3.38. The molecular weight excluding hydrogens is 295 g/mol. The quantitative estimate of drug-likeness (QED) is 0.839. The van der Waals surface area contributed by atoms with E-state index in [-0.39, 0.29) is 15.5 Å². The average molecular weight is 302 g/mol. The van der Waals surface area contributed by atoms with Crippen molar-refractivity contribution in [3.8, 4) is 0 Å². The minimum Gasteiger partial charge on any atom is -0.477 e. The van der Waals surface area contributed by atoms with Crippen molar-refractivity contribution in [1.82, 2.24) is 4.98 Å². The first kappa shape index (κ1) is 13.4. The highest BCUT2D eigenvalue weighted by Crippen LogP contribution is 2.21.